The fourth-order valence-electron chi connectivity index (χ4n) is 0.726. The maximum atomic E-state index is 12.6. The maximum absolute atomic E-state index is 12.6. The van der Waals surface area contributed by atoms with E-state index in [-0.39, 0.29) is 0 Å². The van der Waals surface area contributed by atoms with Gasteiger partial charge in [0.05, 0.1) is 0 Å². The summed E-state index contributed by atoms with van der Waals surface area (Å²) in [5, 5.41) is -5.93. The van der Waals surface area contributed by atoms with Gasteiger partial charge >= 0.3 is 5.92 Å². The van der Waals surface area contributed by atoms with Gasteiger partial charge in [0.15, 0.2) is 5.83 Å². The molecule has 0 N–H and O–H groups in total. The van der Waals surface area contributed by atoms with Gasteiger partial charge in [-0.25, -0.2) is 13.2 Å². The molecule has 0 saturated carbocycles. The lowest BCUT2D eigenvalue weighted by Crippen LogP contribution is -2.41. The Kier molecular flexibility index (Phi) is 2.08. The van der Waals surface area contributed by atoms with Crippen molar-refractivity contribution in [2.75, 3.05) is 0 Å². The van der Waals surface area contributed by atoms with Crippen molar-refractivity contribution >= 4 is 23.2 Å². The van der Waals surface area contributed by atoms with Crippen molar-refractivity contribution in [1.82, 2.24) is 0 Å². The second-order valence-electron chi connectivity index (χ2n) is 2.22. The Morgan fingerprint density at radius 3 is 1.75 bits per heavy atom. The van der Waals surface area contributed by atoms with E-state index in [1.54, 1.807) is 0 Å². The summed E-state index contributed by atoms with van der Waals surface area (Å²) in [4.78, 5) is 0. The predicted molar refractivity (Wildman–Crippen MR) is 33.5 cm³/mol. The molecule has 0 fully saturated rings. The molecule has 0 nitrogen and oxygen atoms in total. The molecule has 2 atom stereocenters. The van der Waals surface area contributed by atoms with Crippen LogP contribution in [0.15, 0.2) is 10.9 Å². The highest BCUT2D eigenvalue weighted by Crippen LogP contribution is 2.55. The molecule has 0 heterocycles. The minimum absolute atomic E-state index is 1.81. The Labute approximate surface area is 73.9 Å². The minimum Gasteiger partial charge on any atom is -0.234 e. The van der Waals surface area contributed by atoms with E-state index in [2.05, 4.69) is 23.2 Å². The van der Waals surface area contributed by atoms with Gasteiger partial charge in [0.1, 0.15) is 5.03 Å². The Morgan fingerprint density at radius 1 is 1.25 bits per heavy atom. The van der Waals surface area contributed by atoms with Gasteiger partial charge in [-0.2, -0.15) is 8.78 Å². The summed E-state index contributed by atoms with van der Waals surface area (Å²) in [7, 11) is 0. The van der Waals surface area contributed by atoms with Crippen molar-refractivity contribution in [2.24, 2.45) is 0 Å². The highest BCUT2D eigenvalue weighted by Gasteiger charge is 2.69. The third kappa shape index (κ3) is 0.956. The van der Waals surface area contributed by atoms with Gasteiger partial charge in [0.2, 0.25) is 6.17 Å². The largest absolute Gasteiger partial charge is 0.336 e. The highest BCUT2D eigenvalue weighted by molar-refractivity contribution is 6.34. The lowest BCUT2D eigenvalue weighted by molar-refractivity contribution is -0.0681. The van der Waals surface area contributed by atoms with Crippen LogP contribution in [0.5, 0.6) is 0 Å². The quantitative estimate of drug-likeness (QED) is 0.440. The van der Waals surface area contributed by atoms with Crippen LogP contribution in [0.3, 0.4) is 0 Å². The molecule has 0 aromatic heterocycles. The van der Waals surface area contributed by atoms with Gasteiger partial charge in [-0.05, 0) is 0 Å². The van der Waals surface area contributed by atoms with Crippen molar-refractivity contribution in [3.8, 4) is 0 Å². The molecular formula is C5HCl2F5. The fourth-order valence-corrected chi connectivity index (χ4v) is 1.20. The topological polar surface area (TPSA) is 0 Å². The van der Waals surface area contributed by atoms with Gasteiger partial charge in [-0.1, -0.05) is 23.2 Å². The number of alkyl halides is 5. The normalized spacial score (nSPS) is 40.8. The summed E-state index contributed by atoms with van der Waals surface area (Å²) in [5.41, 5.74) is 0. The third-order valence-electron chi connectivity index (χ3n) is 1.44. The van der Waals surface area contributed by atoms with Gasteiger partial charge in [-0.15, -0.1) is 0 Å². The van der Waals surface area contributed by atoms with E-state index < -0.39 is 28.1 Å². The molecule has 12 heavy (non-hydrogen) atoms. The Bertz CT molecular complexity index is 246. The first-order valence-electron chi connectivity index (χ1n) is 2.68. The summed E-state index contributed by atoms with van der Waals surface area (Å²) >= 11 is 9.07. The van der Waals surface area contributed by atoms with E-state index in [1.807, 2.05) is 0 Å². The monoisotopic (exact) mass is 226 g/mol. The number of hydrogen-bond acceptors (Lipinski definition) is 0. The lowest BCUT2D eigenvalue weighted by atomic mass is 10.2. The smallest absolute Gasteiger partial charge is 0.234 e. The van der Waals surface area contributed by atoms with Crippen LogP contribution in [0.1, 0.15) is 0 Å². The molecule has 0 radical (unpaired) electrons. The fraction of sp³-hybridized carbons (Fsp3) is 0.600. The lowest BCUT2D eigenvalue weighted by Gasteiger charge is -2.21. The van der Waals surface area contributed by atoms with E-state index >= 15 is 0 Å². The van der Waals surface area contributed by atoms with E-state index in [9.17, 15) is 22.0 Å². The molecule has 1 aliphatic carbocycles. The number of allylic oxidation sites excluding steroid dienone is 2. The van der Waals surface area contributed by atoms with Crippen LogP contribution in [-0.2, 0) is 0 Å². The van der Waals surface area contributed by atoms with E-state index in [0.29, 0.717) is 0 Å². The molecule has 2 unspecified atom stereocenters. The van der Waals surface area contributed by atoms with Gasteiger partial charge < -0.3 is 0 Å². The van der Waals surface area contributed by atoms with Crippen molar-refractivity contribution in [1.29, 1.82) is 0 Å². The van der Waals surface area contributed by atoms with Crippen LogP contribution >= 0.6 is 23.2 Å². The molecule has 0 bridgehead atoms. The molecule has 0 amide bonds. The summed E-state index contributed by atoms with van der Waals surface area (Å²) in [6.07, 6.45) is -3.22. The van der Waals surface area contributed by atoms with Crippen LogP contribution < -0.4 is 0 Å². The number of halogens is 7. The van der Waals surface area contributed by atoms with Crippen LogP contribution in [0.4, 0.5) is 22.0 Å². The molecule has 0 saturated heterocycles. The van der Waals surface area contributed by atoms with Crippen LogP contribution in [-0.4, -0.2) is 17.2 Å². The van der Waals surface area contributed by atoms with Gasteiger partial charge in [0.25, 0.3) is 5.13 Å². The average Bonchev–Trinajstić information content (AvgIpc) is 2.05. The number of rotatable bonds is 0. The standard InChI is InChI=1S/C5HCl2F5/c6-2-1(8)3(9)4(7,10)5(2,11)12/h3H. The second-order valence-corrected chi connectivity index (χ2v) is 3.15. The molecule has 0 aromatic carbocycles. The zero-order valence-electron chi connectivity index (χ0n) is 5.22. The molecule has 7 heteroatoms. The summed E-state index contributed by atoms with van der Waals surface area (Å²) in [5.74, 6) is -6.57. The van der Waals surface area contributed by atoms with E-state index in [0.717, 1.165) is 0 Å². The Morgan fingerprint density at radius 2 is 1.67 bits per heavy atom. The van der Waals surface area contributed by atoms with Crippen molar-refractivity contribution in [3.05, 3.63) is 10.9 Å². The Hall–Kier alpha value is -0.0300. The first-order valence-corrected chi connectivity index (χ1v) is 3.44. The zero-order chi connectivity index (χ0) is 9.73. The molecule has 70 valence electrons. The van der Waals surface area contributed by atoms with Crippen LogP contribution in [0, 0.1) is 0 Å². The van der Waals surface area contributed by atoms with E-state index in [1.165, 1.54) is 0 Å². The zero-order valence-corrected chi connectivity index (χ0v) is 6.73. The molecule has 1 aliphatic rings. The SMILES string of the molecule is FC1=C(Cl)C(F)(F)C(F)(Cl)C1F. The minimum atomic E-state index is -4.51. The highest BCUT2D eigenvalue weighted by atomic mass is 35.5. The molecular weight excluding hydrogens is 226 g/mol. The first-order chi connectivity index (χ1) is 5.23. The first kappa shape index (κ1) is 10.1. The molecule has 1 rings (SSSR count). The van der Waals surface area contributed by atoms with Crippen LogP contribution in [0.25, 0.3) is 0 Å². The van der Waals surface area contributed by atoms with Crippen LogP contribution in [0.2, 0.25) is 0 Å². The third-order valence-corrected chi connectivity index (χ3v) is 2.29. The van der Waals surface area contributed by atoms with Gasteiger partial charge in [0, 0.05) is 0 Å². The molecule has 0 aromatic rings. The average molecular weight is 227 g/mol. The summed E-state index contributed by atoms with van der Waals surface area (Å²) < 4.78 is 62.0. The Balaban J connectivity index is 3.22. The molecule has 0 spiro atoms. The number of hydrogen-bond donors (Lipinski definition) is 0. The van der Waals surface area contributed by atoms with Crippen molar-refractivity contribution < 1.29 is 22.0 Å². The summed E-state index contributed by atoms with van der Waals surface area (Å²) in [6, 6.07) is 0. The van der Waals surface area contributed by atoms with Crippen molar-refractivity contribution in [2.45, 2.75) is 17.2 Å². The summed E-state index contributed by atoms with van der Waals surface area (Å²) in [6.45, 7) is 0. The van der Waals surface area contributed by atoms with E-state index in [4.69, 9.17) is 0 Å². The maximum Gasteiger partial charge on any atom is 0.336 e. The second kappa shape index (κ2) is 2.48. The molecule has 0 aliphatic heterocycles. The van der Waals surface area contributed by atoms with Gasteiger partial charge in [-0.3, -0.25) is 0 Å². The van der Waals surface area contributed by atoms with Crippen molar-refractivity contribution in [3.63, 3.8) is 0 Å². The predicted octanol–water partition coefficient (Wildman–Crippen LogP) is 3.30.